The van der Waals surface area contributed by atoms with E-state index in [1.165, 1.54) is 6.08 Å². The van der Waals surface area contributed by atoms with Gasteiger partial charge in [0, 0.05) is 42.1 Å². The second kappa shape index (κ2) is 14.3. The number of rotatable bonds is 11. The summed E-state index contributed by atoms with van der Waals surface area (Å²) in [6.07, 6.45) is 7.67. The Morgan fingerprint density at radius 2 is 1.86 bits per heavy atom. The number of benzene rings is 2. The third kappa shape index (κ3) is 8.32. The average molecular weight is 575 g/mol. The molecule has 0 saturated carbocycles. The lowest BCUT2D eigenvalue weighted by atomic mass is 9.75. The Morgan fingerprint density at radius 3 is 2.57 bits per heavy atom. The third-order valence-corrected chi connectivity index (χ3v) is 7.61. The van der Waals surface area contributed by atoms with Crippen LogP contribution in [0, 0.1) is 5.41 Å². The Hall–Kier alpha value is -3.91. The van der Waals surface area contributed by atoms with Crippen molar-refractivity contribution in [2.24, 2.45) is 11.1 Å². The largest absolute Gasteiger partial charge is 0.466 e. The summed E-state index contributed by atoms with van der Waals surface area (Å²) in [5.74, 6) is -0.853. The van der Waals surface area contributed by atoms with E-state index in [1.807, 2.05) is 74.6 Å². The van der Waals surface area contributed by atoms with E-state index in [1.54, 1.807) is 17.9 Å². The van der Waals surface area contributed by atoms with Crippen molar-refractivity contribution in [3.8, 4) is 0 Å². The molecule has 42 heavy (non-hydrogen) atoms. The molecule has 0 radical (unpaired) electrons. The lowest BCUT2D eigenvalue weighted by Crippen LogP contribution is -2.56. The maximum Gasteiger partial charge on any atom is 0.314 e. The molecule has 226 valence electrons. The zero-order chi connectivity index (χ0) is 29.5. The average Bonchev–Trinajstić information content (AvgIpc) is 3.35. The van der Waals surface area contributed by atoms with Gasteiger partial charge < -0.3 is 25.7 Å². The minimum Gasteiger partial charge on any atom is -0.466 e. The van der Waals surface area contributed by atoms with Gasteiger partial charge in [0.05, 0.1) is 12.0 Å². The molecule has 1 aromatic heterocycles. The van der Waals surface area contributed by atoms with Gasteiger partial charge in [-0.05, 0) is 69.7 Å². The number of aromatic nitrogens is 1. The van der Waals surface area contributed by atoms with E-state index in [2.05, 4.69) is 10.3 Å². The van der Waals surface area contributed by atoms with Gasteiger partial charge in [-0.25, -0.2) is 0 Å². The van der Waals surface area contributed by atoms with Crippen molar-refractivity contribution in [2.45, 2.75) is 71.9 Å². The zero-order valence-electron chi connectivity index (χ0n) is 24.3. The molecule has 0 bridgehead atoms. The van der Waals surface area contributed by atoms with E-state index in [0.717, 1.165) is 22.0 Å². The quantitative estimate of drug-likeness (QED) is 0.222. The second-order valence-electron chi connectivity index (χ2n) is 11.7. The van der Waals surface area contributed by atoms with Gasteiger partial charge in [0.2, 0.25) is 11.8 Å². The Balaban J connectivity index is 0.00000484. The van der Waals surface area contributed by atoms with E-state index in [4.69, 9.17) is 10.5 Å². The SMILES string of the molecule is C.CCOC(=O)[C@]1(Cc2ccccc2)CCCN(C(=O)[C@@H](Cc2c[nH]c3ccccc23)NC(=O)/C=C/CC(C)(C)N)C1. The predicted octanol–water partition coefficient (Wildman–Crippen LogP) is 4.93. The number of aromatic amines is 1. The van der Waals surface area contributed by atoms with Crippen LogP contribution in [0.1, 0.15) is 58.6 Å². The molecule has 3 aromatic rings. The molecule has 1 fully saturated rings. The molecule has 0 aliphatic carbocycles. The number of hydrogen-bond donors (Lipinski definition) is 3. The van der Waals surface area contributed by atoms with Gasteiger partial charge in [-0.15, -0.1) is 0 Å². The monoisotopic (exact) mass is 574 g/mol. The molecular formula is C34H46N4O4. The van der Waals surface area contributed by atoms with Gasteiger partial charge in [0.15, 0.2) is 0 Å². The first kappa shape index (κ1) is 32.6. The summed E-state index contributed by atoms with van der Waals surface area (Å²) in [6, 6.07) is 16.9. The number of carbonyl (C=O) groups is 3. The molecule has 1 aliphatic rings. The summed E-state index contributed by atoms with van der Waals surface area (Å²) in [5, 5.41) is 3.95. The third-order valence-electron chi connectivity index (χ3n) is 7.61. The van der Waals surface area contributed by atoms with Crippen LogP contribution in [-0.4, -0.2) is 58.9 Å². The number of para-hydroxylation sites is 1. The van der Waals surface area contributed by atoms with Crippen molar-refractivity contribution >= 4 is 28.7 Å². The highest BCUT2D eigenvalue weighted by Gasteiger charge is 2.45. The van der Waals surface area contributed by atoms with Crippen molar-refractivity contribution in [1.82, 2.24) is 15.2 Å². The number of amides is 2. The molecule has 8 heteroatoms. The Bertz CT molecular complexity index is 1370. The maximum atomic E-state index is 14.2. The lowest BCUT2D eigenvalue weighted by molar-refractivity contribution is -0.161. The molecule has 4 rings (SSSR count). The fourth-order valence-corrected chi connectivity index (χ4v) is 5.60. The van der Waals surface area contributed by atoms with Crippen LogP contribution in [0.2, 0.25) is 0 Å². The Labute approximate surface area is 249 Å². The van der Waals surface area contributed by atoms with E-state index in [9.17, 15) is 14.4 Å². The topological polar surface area (TPSA) is 118 Å². The van der Waals surface area contributed by atoms with Crippen molar-refractivity contribution in [1.29, 1.82) is 0 Å². The normalized spacial score (nSPS) is 18.0. The molecule has 2 aromatic carbocycles. The van der Waals surface area contributed by atoms with Crippen molar-refractivity contribution < 1.29 is 19.1 Å². The van der Waals surface area contributed by atoms with E-state index in [0.29, 0.717) is 38.6 Å². The number of nitrogens with zero attached hydrogens (tertiary/aromatic N) is 1. The molecule has 2 atom stereocenters. The molecule has 0 spiro atoms. The first-order valence-electron chi connectivity index (χ1n) is 14.4. The van der Waals surface area contributed by atoms with E-state index >= 15 is 0 Å². The fourth-order valence-electron chi connectivity index (χ4n) is 5.60. The van der Waals surface area contributed by atoms with Gasteiger partial charge in [0.25, 0.3) is 0 Å². The van der Waals surface area contributed by atoms with Crippen molar-refractivity contribution in [3.05, 3.63) is 84.1 Å². The number of likely N-dealkylation sites (tertiary alicyclic amines) is 1. The Kier molecular flexibility index (Phi) is 11.1. The molecule has 8 nitrogen and oxygen atoms in total. The highest BCUT2D eigenvalue weighted by Crippen LogP contribution is 2.36. The number of nitrogens with one attached hydrogen (secondary N) is 2. The van der Waals surface area contributed by atoms with Gasteiger partial charge in [-0.2, -0.15) is 0 Å². The summed E-state index contributed by atoms with van der Waals surface area (Å²) >= 11 is 0. The van der Waals surface area contributed by atoms with Gasteiger partial charge in [0.1, 0.15) is 6.04 Å². The van der Waals surface area contributed by atoms with Crippen LogP contribution < -0.4 is 11.1 Å². The first-order valence-corrected chi connectivity index (χ1v) is 14.4. The summed E-state index contributed by atoms with van der Waals surface area (Å²) in [6.45, 7) is 6.59. The van der Waals surface area contributed by atoms with Crippen LogP contribution in [-0.2, 0) is 32.0 Å². The molecule has 1 aliphatic heterocycles. The number of ether oxygens (including phenoxy) is 1. The van der Waals surface area contributed by atoms with Crippen LogP contribution in [0.3, 0.4) is 0 Å². The maximum absolute atomic E-state index is 14.2. The van der Waals surface area contributed by atoms with E-state index < -0.39 is 17.0 Å². The van der Waals surface area contributed by atoms with Crippen molar-refractivity contribution in [2.75, 3.05) is 19.7 Å². The van der Waals surface area contributed by atoms with Gasteiger partial charge >= 0.3 is 5.97 Å². The number of nitrogens with two attached hydrogens (primary N) is 1. The molecular weight excluding hydrogens is 528 g/mol. The number of fused-ring (bicyclic) bond motifs is 1. The molecule has 0 unspecified atom stereocenters. The number of hydrogen-bond acceptors (Lipinski definition) is 5. The number of H-pyrrole nitrogens is 1. The van der Waals surface area contributed by atoms with Crippen LogP contribution in [0.4, 0.5) is 0 Å². The summed E-state index contributed by atoms with van der Waals surface area (Å²) in [7, 11) is 0. The molecule has 2 amide bonds. The smallest absolute Gasteiger partial charge is 0.314 e. The van der Waals surface area contributed by atoms with Crippen LogP contribution in [0.15, 0.2) is 72.9 Å². The minimum atomic E-state index is -0.854. The highest BCUT2D eigenvalue weighted by atomic mass is 16.5. The summed E-state index contributed by atoms with van der Waals surface area (Å²) in [5.41, 5.74) is 7.67. The van der Waals surface area contributed by atoms with Gasteiger partial charge in [-0.1, -0.05) is 62.0 Å². The van der Waals surface area contributed by atoms with Crippen LogP contribution in [0.25, 0.3) is 10.9 Å². The standard InChI is InChI=1S/C33H42N4O4.CH4/c1-4-41-31(40)33(21-24-12-6-5-7-13-24)18-11-19-37(23-33)30(39)28(36-29(38)16-10-17-32(2,3)34)20-25-22-35-27-15-9-8-14-26(25)27;/h5-10,12-16,22,28,35H,4,11,17-21,23,34H2,1-3H3,(H,36,38);1H4/b16-10+;/t28-,33+;/m1./s1. The summed E-state index contributed by atoms with van der Waals surface area (Å²) < 4.78 is 5.55. The predicted molar refractivity (Wildman–Crippen MR) is 168 cm³/mol. The zero-order valence-corrected chi connectivity index (χ0v) is 24.3. The number of carbonyl (C=O) groups excluding carboxylic acids is 3. The minimum absolute atomic E-state index is 0. The summed E-state index contributed by atoms with van der Waals surface area (Å²) in [4.78, 5) is 45.5. The van der Waals surface area contributed by atoms with E-state index in [-0.39, 0.29) is 38.4 Å². The second-order valence-corrected chi connectivity index (χ2v) is 11.7. The first-order chi connectivity index (χ1) is 19.6. The van der Waals surface area contributed by atoms with Crippen LogP contribution >= 0.6 is 0 Å². The lowest BCUT2D eigenvalue weighted by Gasteiger charge is -2.42. The van der Waals surface area contributed by atoms with Crippen LogP contribution in [0.5, 0.6) is 0 Å². The van der Waals surface area contributed by atoms with Gasteiger partial charge in [-0.3, -0.25) is 14.4 Å². The number of piperidine rings is 1. The van der Waals surface area contributed by atoms with Crippen molar-refractivity contribution in [3.63, 3.8) is 0 Å². The molecule has 4 N–H and O–H groups in total. The number of esters is 1. The fraction of sp³-hybridized carbons (Fsp3) is 0.441. The molecule has 2 heterocycles. The Morgan fingerprint density at radius 1 is 1.14 bits per heavy atom. The molecule has 1 saturated heterocycles. The highest BCUT2D eigenvalue weighted by molar-refractivity contribution is 5.94.